The normalized spacial score (nSPS) is 15.0. The molecule has 2 amide bonds. The number of para-hydroxylation sites is 3. The first-order valence-electron chi connectivity index (χ1n) is 9.87. The molecule has 1 fully saturated rings. The van der Waals surface area contributed by atoms with E-state index in [1.165, 1.54) is 11.0 Å². The minimum absolute atomic E-state index is 0.0109. The van der Waals surface area contributed by atoms with E-state index in [2.05, 4.69) is 5.32 Å². The highest BCUT2D eigenvalue weighted by molar-refractivity contribution is 7.80. The maximum absolute atomic E-state index is 12.7. The number of carbonyl (C=O) groups is 1. The van der Waals surface area contributed by atoms with Crippen molar-refractivity contribution in [1.29, 1.82) is 0 Å². The van der Waals surface area contributed by atoms with Crippen molar-refractivity contribution in [3.63, 3.8) is 0 Å². The Labute approximate surface area is 188 Å². The molecule has 1 aliphatic rings. The monoisotopic (exact) mass is 440 g/mol. The Balaban J connectivity index is 1.58. The molecule has 156 valence electrons. The van der Waals surface area contributed by atoms with Gasteiger partial charge in [0.25, 0.3) is 5.69 Å². The van der Waals surface area contributed by atoms with E-state index in [0.29, 0.717) is 11.3 Å². The van der Waals surface area contributed by atoms with E-state index in [4.69, 9.17) is 17.2 Å². The van der Waals surface area contributed by atoms with Crippen molar-refractivity contribution >= 4 is 56.8 Å². The summed E-state index contributed by atoms with van der Waals surface area (Å²) in [5, 5.41) is 16.0. The molecule has 0 spiro atoms. The van der Waals surface area contributed by atoms with Crippen LogP contribution in [0.5, 0.6) is 0 Å². The first-order chi connectivity index (χ1) is 15.5. The molecule has 1 N–H and O–H groups in total. The molecule has 0 radical (unpaired) electrons. The van der Waals surface area contributed by atoms with E-state index in [1.807, 2.05) is 54.6 Å². The number of nitrogens with one attached hydrogen (secondary N) is 1. The van der Waals surface area contributed by atoms with Gasteiger partial charge < -0.3 is 5.32 Å². The maximum atomic E-state index is 12.7. The fraction of sp³-hybridized carbons (Fsp3) is 0.0417. The van der Waals surface area contributed by atoms with Crippen molar-refractivity contribution in [2.24, 2.45) is 0 Å². The lowest BCUT2D eigenvalue weighted by molar-refractivity contribution is -0.385. The largest absolute Gasteiger partial charge is 0.327 e. The van der Waals surface area contributed by atoms with Crippen molar-refractivity contribution < 1.29 is 9.72 Å². The zero-order chi connectivity index (χ0) is 22.2. The SMILES string of the molecule is O=C1N/C(=C\c2c3ccccc3nc3ccccc23)C(=S)N1Cc1ccccc1[N+](=O)[O-]. The van der Waals surface area contributed by atoms with Gasteiger partial charge in [0.1, 0.15) is 4.99 Å². The average Bonchev–Trinajstić information content (AvgIpc) is 3.06. The van der Waals surface area contributed by atoms with Gasteiger partial charge in [-0.1, -0.05) is 66.8 Å². The van der Waals surface area contributed by atoms with Crippen molar-refractivity contribution in [2.75, 3.05) is 0 Å². The number of pyridine rings is 1. The summed E-state index contributed by atoms with van der Waals surface area (Å²) in [7, 11) is 0. The molecule has 1 saturated heterocycles. The van der Waals surface area contributed by atoms with E-state index in [1.54, 1.807) is 18.2 Å². The lowest BCUT2D eigenvalue weighted by atomic mass is 10.0. The Bertz CT molecular complexity index is 1410. The second kappa shape index (κ2) is 7.82. The third kappa shape index (κ3) is 3.36. The van der Waals surface area contributed by atoms with Gasteiger partial charge in [0, 0.05) is 22.4 Å². The summed E-state index contributed by atoms with van der Waals surface area (Å²) in [6.07, 6.45) is 1.85. The number of carbonyl (C=O) groups excluding carboxylic acids is 1. The zero-order valence-electron chi connectivity index (χ0n) is 16.7. The predicted molar refractivity (Wildman–Crippen MR) is 127 cm³/mol. The van der Waals surface area contributed by atoms with Gasteiger partial charge in [0.05, 0.1) is 28.2 Å². The Morgan fingerprint density at radius 2 is 1.56 bits per heavy atom. The summed E-state index contributed by atoms with van der Waals surface area (Å²) in [4.78, 5) is 29.9. The number of fused-ring (bicyclic) bond motifs is 2. The molecule has 1 aliphatic heterocycles. The van der Waals surface area contributed by atoms with E-state index >= 15 is 0 Å². The number of hydrogen-bond acceptors (Lipinski definition) is 5. The smallest absolute Gasteiger partial charge is 0.305 e. The van der Waals surface area contributed by atoms with Crippen molar-refractivity contribution in [2.45, 2.75) is 6.54 Å². The maximum Gasteiger partial charge on any atom is 0.327 e. The van der Waals surface area contributed by atoms with Crippen LogP contribution in [0.25, 0.3) is 27.9 Å². The summed E-state index contributed by atoms with van der Waals surface area (Å²) in [6, 6.07) is 21.5. The standard InChI is InChI=1S/C24H16N4O3S/c29-24-26-21(23(32)27(24)14-15-7-1-6-12-22(15)28(30)31)13-18-16-8-2-4-10-19(16)25-20-11-5-3-9-17(18)20/h1-13H,14H2,(H,26,29)/b21-13-. The molecule has 0 atom stereocenters. The number of hydrogen-bond donors (Lipinski definition) is 1. The quantitative estimate of drug-likeness (QED) is 0.155. The molecule has 1 aromatic heterocycles. The number of rotatable bonds is 4. The van der Waals surface area contributed by atoms with Crippen molar-refractivity contribution in [3.8, 4) is 0 Å². The predicted octanol–water partition coefficient (Wildman–Crippen LogP) is 5.19. The van der Waals surface area contributed by atoms with Gasteiger partial charge in [-0.15, -0.1) is 0 Å². The van der Waals surface area contributed by atoms with Gasteiger partial charge in [-0.25, -0.2) is 9.78 Å². The number of nitro groups is 1. The number of nitrogens with zero attached hydrogens (tertiary/aromatic N) is 3. The number of aromatic nitrogens is 1. The minimum atomic E-state index is -0.460. The van der Waals surface area contributed by atoms with Crippen molar-refractivity contribution in [1.82, 2.24) is 15.2 Å². The number of amides is 2. The Kier molecular flexibility index (Phi) is 4.84. The number of nitro benzene ring substituents is 1. The van der Waals surface area contributed by atoms with Crippen LogP contribution in [-0.4, -0.2) is 25.8 Å². The van der Waals surface area contributed by atoms with E-state index in [0.717, 1.165) is 27.4 Å². The molecule has 8 heteroatoms. The lowest BCUT2D eigenvalue weighted by Gasteiger charge is -2.14. The van der Waals surface area contributed by atoms with Gasteiger partial charge in [-0.2, -0.15) is 0 Å². The highest BCUT2D eigenvalue weighted by Gasteiger charge is 2.32. The first kappa shape index (κ1) is 19.8. The third-order valence-electron chi connectivity index (χ3n) is 5.40. The van der Waals surface area contributed by atoms with Gasteiger partial charge in [0.15, 0.2) is 0 Å². The molecular weight excluding hydrogens is 424 g/mol. The number of benzene rings is 3. The fourth-order valence-corrected chi connectivity index (χ4v) is 4.14. The minimum Gasteiger partial charge on any atom is -0.305 e. The molecule has 0 bridgehead atoms. The van der Waals surface area contributed by atoms with Gasteiger partial charge in [0.2, 0.25) is 0 Å². The van der Waals surface area contributed by atoms with Crippen LogP contribution in [0.3, 0.4) is 0 Å². The molecule has 5 rings (SSSR count). The Morgan fingerprint density at radius 1 is 0.969 bits per heavy atom. The molecule has 3 aromatic carbocycles. The van der Waals surface area contributed by atoms with Crippen LogP contribution in [0, 0.1) is 10.1 Å². The Hall–Kier alpha value is -4.17. The molecule has 0 unspecified atom stereocenters. The third-order valence-corrected chi connectivity index (χ3v) is 5.84. The van der Waals surface area contributed by atoms with Crippen molar-refractivity contribution in [3.05, 3.63) is 99.7 Å². The number of thiocarbonyl (C=S) groups is 1. The van der Waals surface area contributed by atoms with E-state index in [9.17, 15) is 14.9 Å². The van der Waals surface area contributed by atoms with Gasteiger partial charge >= 0.3 is 6.03 Å². The summed E-state index contributed by atoms with van der Waals surface area (Å²) >= 11 is 5.58. The van der Waals surface area contributed by atoms with Crippen LogP contribution >= 0.6 is 12.2 Å². The lowest BCUT2D eigenvalue weighted by Crippen LogP contribution is -2.29. The summed E-state index contributed by atoms with van der Waals surface area (Å²) in [6.45, 7) is 0.0109. The topological polar surface area (TPSA) is 88.4 Å². The zero-order valence-corrected chi connectivity index (χ0v) is 17.5. The van der Waals surface area contributed by atoms with Crippen LogP contribution in [-0.2, 0) is 6.54 Å². The van der Waals surface area contributed by atoms with Crippen LogP contribution in [0.1, 0.15) is 11.1 Å². The average molecular weight is 440 g/mol. The van der Waals surface area contributed by atoms with Crippen LogP contribution in [0.4, 0.5) is 10.5 Å². The Morgan fingerprint density at radius 3 is 2.22 bits per heavy atom. The molecule has 32 heavy (non-hydrogen) atoms. The van der Waals surface area contributed by atoms with Crippen LogP contribution in [0.2, 0.25) is 0 Å². The molecule has 7 nitrogen and oxygen atoms in total. The highest BCUT2D eigenvalue weighted by atomic mass is 32.1. The van der Waals surface area contributed by atoms with Crippen LogP contribution in [0.15, 0.2) is 78.5 Å². The van der Waals surface area contributed by atoms with E-state index in [-0.39, 0.29) is 17.2 Å². The molecule has 2 heterocycles. The fourth-order valence-electron chi connectivity index (χ4n) is 3.88. The summed E-state index contributed by atoms with van der Waals surface area (Å²) in [5.74, 6) is 0. The first-order valence-corrected chi connectivity index (χ1v) is 10.3. The molecule has 4 aromatic rings. The summed E-state index contributed by atoms with van der Waals surface area (Å²) < 4.78 is 0. The van der Waals surface area contributed by atoms with E-state index < -0.39 is 11.0 Å². The van der Waals surface area contributed by atoms with Crippen LogP contribution < -0.4 is 5.32 Å². The second-order valence-corrected chi connectivity index (χ2v) is 7.71. The summed E-state index contributed by atoms with van der Waals surface area (Å²) in [5.41, 5.74) is 3.42. The molecule has 0 aliphatic carbocycles. The number of urea groups is 1. The molecule has 0 saturated carbocycles. The second-order valence-electron chi connectivity index (χ2n) is 7.33. The van der Waals surface area contributed by atoms with Gasteiger partial charge in [-0.05, 0) is 23.8 Å². The van der Waals surface area contributed by atoms with Gasteiger partial charge in [-0.3, -0.25) is 15.0 Å². The molecular formula is C24H16N4O3S. The highest BCUT2D eigenvalue weighted by Crippen LogP contribution is 2.30.